The molecular formula is C11H15Cl2NO. The molecular weight excluding hydrogens is 233 g/mol. The Kier molecular flexibility index (Phi) is 5.40. The molecule has 0 aliphatic carbocycles. The zero-order valence-electron chi connectivity index (χ0n) is 8.63. The molecule has 0 aromatic heterocycles. The van der Waals surface area contributed by atoms with Crippen molar-refractivity contribution in [2.75, 3.05) is 6.61 Å². The molecule has 0 bridgehead atoms. The fourth-order valence-corrected chi connectivity index (χ4v) is 1.65. The molecule has 0 fully saturated rings. The summed E-state index contributed by atoms with van der Waals surface area (Å²) in [7, 11) is 0. The van der Waals surface area contributed by atoms with E-state index in [9.17, 15) is 0 Å². The van der Waals surface area contributed by atoms with E-state index in [1.165, 1.54) is 0 Å². The first-order chi connectivity index (χ1) is 7.17. The monoisotopic (exact) mass is 247 g/mol. The zero-order valence-corrected chi connectivity index (χ0v) is 10.1. The third-order valence-electron chi connectivity index (χ3n) is 2.30. The Balaban J connectivity index is 2.60. The van der Waals surface area contributed by atoms with E-state index in [2.05, 4.69) is 5.32 Å². The molecule has 4 heteroatoms. The van der Waals surface area contributed by atoms with Crippen molar-refractivity contribution in [2.24, 2.45) is 0 Å². The Morgan fingerprint density at radius 3 is 2.73 bits per heavy atom. The molecule has 0 heterocycles. The minimum Gasteiger partial charge on any atom is -0.395 e. The van der Waals surface area contributed by atoms with Gasteiger partial charge in [0.1, 0.15) is 0 Å². The van der Waals surface area contributed by atoms with Crippen molar-refractivity contribution in [1.82, 2.24) is 5.32 Å². The molecule has 1 atom stereocenters. The summed E-state index contributed by atoms with van der Waals surface area (Å²) in [4.78, 5) is 0. The predicted molar refractivity (Wildman–Crippen MR) is 64.5 cm³/mol. The van der Waals surface area contributed by atoms with Gasteiger partial charge in [0.05, 0.1) is 6.61 Å². The normalized spacial score (nSPS) is 12.8. The Labute approximate surface area is 100 Å². The second-order valence-electron chi connectivity index (χ2n) is 3.40. The second-order valence-corrected chi connectivity index (χ2v) is 4.25. The van der Waals surface area contributed by atoms with Crippen molar-refractivity contribution in [3.8, 4) is 0 Å². The van der Waals surface area contributed by atoms with Crippen molar-refractivity contribution < 1.29 is 5.11 Å². The van der Waals surface area contributed by atoms with Gasteiger partial charge in [0.25, 0.3) is 0 Å². The lowest BCUT2D eigenvalue weighted by molar-refractivity contribution is 0.238. The maximum Gasteiger partial charge on any atom is 0.0584 e. The van der Waals surface area contributed by atoms with E-state index < -0.39 is 0 Å². The number of aliphatic hydroxyl groups is 1. The Bertz CT molecular complexity index is 313. The van der Waals surface area contributed by atoms with Gasteiger partial charge in [-0.1, -0.05) is 30.1 Å². The lowest BCUT2D eigenvalue weighted by Crippen LogP contribution is -2.31. The number of aliphatic hydroxyl groups excluding tert-OH is 1. The van der Waals surface area contributed by atoms with Gasteiger partial charge in [-0.15, -0.1) is 0 Å². The summed E-state index contributed by atoms with van der Waals surface area (Å²) in [6.07, 6.45) is 0.884. The van der Waals surface area contributed by atoms with Gasteiger partial charge < -0.3 is 10.4 Å². The van der Waals surface area contributed by atoms with E-state index in [0.717, 1.165) is 12.0 Å². The number of rotatable bonds is 5. The van der Waals surface area contributed by atoms with E-state index in [1.807, 2.05) is 13.0 Å². The molecule has 2 N–H and O–H groups in total. The highest BCUT2D eigenvalue weighted by atomic mass is 35.5. The highest BCUT2D eigenvalue weighted by Gasteiger charge is 2.06. The van der Waals surface area contributed by atoms with E-state index in [-0.39, 0.29) is 12.6 Å². The van der Waals surface area contributed by atoms with Crippen LogP contribution in [0.5, 0.6) is 0 Å². The highest BCUT2D eigenvalue weighted by molar-refractivity contribution is 6.33. The first-order valence-corrected chi connectivity index (χ1v) is 5.71. The van der Waals surface area contributed by atoms with Gasteiger partial charge >= 0.3 is 0 Å². The summed E-state index contributed by atoms with van der Waals surface area (Å²) in [6, 6.07) is 5.48. The van der Waals surface area contributed by atoms with Crippen LogP contribution in [0.15, 0.2) is 18.2 Å². The fraction of sp³-hybridized carbons (Fsp3) is 0.455. The number of hydrogen-bond donors (Lipinski definition) is 2. The van der Waals surface area contributed by atoms with Gasteiger partial charge in [-0.05, 0) is 30.2 Å². The number of halogens is 2. The number of nitrogens with one attached hydrogen (secondary N) is 1. The zero-order chi connectivity index (χ0) is 11.3. The van der Waals surface area contributed by atoms with E-state index >= 15 is 0 Å². The molecule has 0 saturated carbocycles. The van der Waals surface area contributed by atoms with Crippen LogP contribution in [0.3, 0.4) is 0 Å². The maximum atomic E-state index is 9.01. The Hall–Kier alpha value is -0.280. The average molecular weight is 248 g/mol. The van der Waals surface area contributed by atoms with Crippen LogP contribution in [-0.2, 0) is 6.54 Å². The molecule has 1 rings (SSSR count). The van der Waals surface area contributed by atoms with Gasteiger partial charge in [-0.2, -0.15) is 0 Å². The summed E-state index contributed by atoms with van der Waals surface area (Å²) < 4.78 is 0. The van der Waals surface area contributed by atoms with Crippen LogP contribution in [-0.4, -0.2) is 17.8 Å². The Morgan fingerprint density at radius 2 is 2.13 bits per heavy atom. The molecule has 1 aromatic carbocycles. The third-order valence-corrected chi connectivity index (χ3v) is 2.91. The number of benzene rings is 1. The first kappa shape index (κ1) is 12.8. The summed E-state index contributed by atoms with van der Waals surface area (Å²) >= 11 is 11.9. The largest absolute Gasteiger partial charge is 0.395 e. The minimum atomic E-state index is 0.111. The van der Waals surface area contributed by atoms with Gasteiger partial charge in [0.2, 0.25) is 0 Å². The molecule has 0 saturated heterocycles. The van der Waals surface area contributed by atoms with Crippen LogP contribution >= 0.6 is 23.2 Å². The number of hydrogen-bond acceptors (Lipinski definition) is 2. The molecule has 0 aliphatic heterocycles. The van der Waals surface area contributed by atoms with Crippen LogP contribution < -0.4 is 5.32 Å². The van der Waals surface area contributed by atoms with Gasteiger partial charge in [0.15, 0.2) is 0 Å². The van der Waals surface area contributed by atoms with Gasteiger partial charge in [0, 0.05) is 22.6 Å². The third kappa shape index (κ3) is 3.99. The highest BCUT2D eigenvalue weighted by Crippen LogP contribution is 2.20. The SMILES string of the molecule is CCC(CO)NCc1cc(Cl)ccc1Cl. The van der Waals surface area contributed by atoms with Crippen LogP contribution in [0.1, 0.15) is 18.9 Å². The standard InChI is InChI=1S/C11H15Cl2NO/c1-2-10(7-15)14-6-8-5-9(12)3-4-11(8)13/h3-5,10,14-15H,2,6-7H2,1H3. The van der Waals surface area contributed by atoms with Gasteiger partial charge in [-0.25, -0.2) is 0 Å². The smallest absolute Gasteiger partial charge is 0.0584 e. The lowest BCUT2D eigenvalue weighted by Gasteiger charge is -2.14. The first-order valence-electron chi connectivity index (χ1n) is 4.95. The average Bonchev–Trinajstić information content (AvgIpc) is 2.24. The molecule has 15 heavy (non-hydrogen) atoms. The van der Waals surface area contributed by atoms with Crippen molar-refractivity contribution in [3.63, 3.8) is 0 Å². The topological polar surface area (TPSA) is 32.3 Å². The van der Waals surface area contributed by atoms with Crippen LogP contribution in [0.25, 0.3) is 0 Å². The molecule has 1 unspecified atom stereocenters. The summed E-state index contributed by atoms with van der Waals surface area (Å²) in [5.41, 5.74) is 0.955. The van der Waals surface area contributed by atoms with Crippen molar-refractivity contribution >= 4 is 23.2 Å². The quantitative estimate of drug-likeness (QED) is 0.839. The van der Waals surface area contributed by atoms with E-state index in [0.29, 0.717) is 16.6 Å². The fourth-order valence-electron chi connectivity index (χ4n) is 1.27. The van der Waals surface area contributed by atoms with Crippen LogP contribution in [0, 0.1) is 0 Å². The summed E-state index contributed by atoms with van der Waals surface area (Å²) in [6.45, 7) is 2.78. The molecule has 84 valence electrons. The molecule has 2 nitrogen and oxygen atoms in total. The van der Waals surface area contributed by atoms with E-state index in [1.54, 1.807) is 12.1 Å². The van der Waals surface area contributed by atoms with Crippen LogP contribution in [0.2, 0.25) is 10.0 Å². The molecule has 0 radical (unpaired) electrons. The van der Waals surface area contributed by atoms with Gasteiger partial charge in [-0.3, -0.25) is 0 Å². The molecule has 0 aliphatic rings. The minimum absolute atomic E-state index is 0.111. The van der Waals surface area contributed by atoms with Crippen molar-refractivity contribution in [3.05, 3.63) is 33.8 Å². The van der Waals surface area contributed by atoms with Crippen LogP contribution in [0.4, 0.5) is 0 Å². The van der Waals surface area contributed by atoms with Crippen molar-refractivity contribution in [2.45, 2.75) is 25.9 Å². The Morgan fingerprint density at radius 1 is 1.40 bits per heavy atom. The molecule has 0 spiro atoms. The summed E-state index contributed by atoms with van der Waals surface area (Å²) in [5.74, 6) is 0. The maximum absolute atomic E-state index is 9.01. The lowest BCUT2D eigenvalue weighted by atomic mass is 10.2. The van der Waals surface area contributed by atoms with E-state index in [4.69, 9.17) is 28.3 Å². The second kappa shape index (κ2) is 6.33. The van der Waals surface area contributed by atoms with Crippen molar-refractivity contribution in [1.29, 1.82) is 0 Å². The predicted octanol–water partition coefficient (Wildman–Crippen LogP) is 2.85. The summed E-state index contributed by atoms with van der Waals surface area (Å²) in [5, 5.41) is 13.6. The molecule has 0 amide bonds. The molecule has 1 aromatic rings.